The number of aryl methyl sites for hydroxylation is 1. The third kappa shape index (κ3) is 5.08. The first-order chi connectivity index (χ1) is 13.8. The van der Waals surface area contributed by atoms with E-state index >= 15 is 0 Å². The SMILES string of the molecule is Cc1cncc(Nc2nc(N[C@@H]3CCOC[C@@H]3NC(=O)O)c(F)cc2C(N)=O)c1. The second-order valence-corrected chi connectivity index (χ2v) is 6.63. The number of nitrogens with two attached hydrogens (primary N) is 1. The van der Waals surface area contributed by atoms with Gasteiger partial charge < -0.3 is 31.5 Å². The van der Waals surface area contributed by atoms with Gasteiger partial charge in [-0.2, -0.15) is 0 Å². The molecule has 0 saturated carbocycles. The third-order valence-electron chi connectivity index (χ3n) is 4.37. The van der Waals surface area contributed by atoms with Gasteiger partial charge in [0.05, 0.1) is 36.1 Å². The van der Waals surface area contributed by atoms with Gasteiger partial charge in [0, 0.05) is 12.8 Å². The van der Waals surface area contributed by atoms with Crippen molar-refractivity contribution in [2.45, 2.75) is 25.4 Å². The Balaban J connectivity index is 1.90. The molecule has 0 spiro atoms. The van der Waals surface area contributed by atoms with Crippen LogP contribution in [0.15, 0.2) is 24.5 Å². The van der Waals surface area contributed by atoms with Gasteiger partial charge in [-0.05, 0) is 31.0 Å². The number of carboxylic acid groups (broad SMARTS) is 1. The van der Waals surface area contributed by atoms with E-state index in [9.17, 15) is 14.0 Å². The van der Waals surface area contributed by atoms with Crippen LogP contribution in [-0.4, -0.2) is 52.4 Å². The minimum atomic E-state index is -1.21. The molecular formula is C18H21FN6O4. The maximum atomic E-state index is 14.6. The lowest BCUT2D eigenvalue weighted by Gasteiger charge is -2.32. The van der Waals surface area contributed by atoms with E-state index in [0.717, 1.165) is 11.6 Å². The van der Waals surface area contributed by atoms with Gasteiger partial charge in [-0.15, -0.1) is 0 Å². The summed E-state index contributed by atoms with van der Waals surface area (Å²) in [5.41, 5.74) is 6.67. The Kier molecular flexibility index (Phi) is 6.07. The molecule has 2 atom stereocenters. The van der Waals surface area contributed by atoms with Gasteiger partial charge in [0.25, 0.3) is 5.91 Å². The first-order valence-electron chi connectivity index (χ1n) is 8.86. The molecule has 6 N–H and O–H groups in total. The summed E-state index contributed by atoms with van der Waals surface area (Å²) in [5, 5.41) is 17.2. The van der Waals surface area contributed by atoms with Crippen molar-refractivity contribution in [3.63, 3.8) is 0 Å². The zero-order chi connectivity index (χ0) is 21.0. The molecule has 0 radical (unpaired) electrons. The smallest absolute Gasteiger partial charge is 0.405 e. The van der Waals surface area contributed by atoms with E-state index in [0.29, 0.717) is 18.7 Å². The summed E-state index contributed by atoms with van der Waals surface area (Å²) in [6, 6.07) is 1.73. The maximum absolute atomic E-state index is 14.6. The fourth-order valence-corrected chi connectivity index (χ4v) is 3.02. The number of halogens is 1. The average molecular weight is 404 g/mol. The predicted molar refractivity (Wildman–Crippen MR) is 103 cm³/mol. The molecule has 3 rings (SSSR count). The number of aromatic nitrogens is 2. The minimum Gasteiger partial charge on any atom is -0.465 e. The summed E-state index contributed by atoms with van der Waals surface area (Å²) in [6.45, 7) is 2.38. The topological polar surface area (TPSA) is 151 Å². The Hall–Kier alpha value is -3.47. The number of ether oxygens (including phenoxy) is 1. The van der Waals surface area contributed by atoms with Crippen LogP contribution in [0.1, 0.15) is 22.3 Å². The van der Waals surface area contributed by atoms with E-state index in [4.69, 9.17) is 15.6 Å². The number of anilines is 3. The number of pyridine rings is 2. The number of primary amides is 1. The van der Waals surface area contributed by atoms with E-state index in [2.05, 4.69) is 25.9 Å². The molecule has 0 unspecified atom stereocenters. The Morgan fingerprint density at radius 3 is 2.76 bits per heavy atom. The van der Waals surface area contributed by atoms with Crippen molar-refractivity contribution < 1.29 is 23.8 Å². The van der Waals surface area contributed by atoms with Crippen LogP contribution in [0.3, 0.4) is 0 Å². The quantitative estimate of drug-likeness (QED) is 0.487. The predicted octanol–water partition coefficient (Wildman–Crippen LogP) is 1.60. The van der Waals surface area contributed by atoms with Gasteiger partial charge in [-0.1, -0.05) is 0 Å². The second-order valence-electron chi connectivity index (χ2n) is 6.63. The van der Waals surface area contributed by atoms with E-state index in [-0.39, 0.29) is 23.8 Å². The van der Waals surface area contributed by atoms with Crippen LogP contribution in [0.2, 0.25) is 0 Å². The highest BCUT2D eigenvalue weighted by Gasteiger charge is 2.29. The molecule has 0 aromatic carbocycles. The van der Waals surface area contributed by atoms with Crippen LogP contribution in [-0.2, 0) is 4.74 Å². The lowest BCUT2D eigenvalue weighted by Crippen LogP contribution is -2.52. The van der Waals surface area contributed by atoms with Crippen LogP contribution < -0.4 is 21.7 Å². The molecule has 2 amide bonds. The fraction of sp³-hybridized carbons (Fsp3) is 0.333. The van der Waals surface area contributed by atoms with Crippen molar-refractivity contribution in [1.29, 1.82) is 0 Å². The van der Waals surface area contributed by atoms with Crippen LogP contribution in [0.25, 0.3) is 0 Å². The molecule has 2 aromatic heterocycles. The van der Waals surface area contributed by atoms with Crippen molar-refractivity contribution in [3.8, 4) is 0 Å². The van der Waals surface area contributed by atoms with E-state index in [1.165, 1.54) is 6.20 Å². The molecule has 1 saturated heterocycles. The van der Waals surface area contributed by atoms with Gasteiger partial charge in [0.15, 0.2) is 11.6 Å². The Morgan fingerprint density at radius 2 is 2.07 bits per heavy atom. The van der Waals surface area contributed by atoms with Crippen LogP contribution in [0.4, 0.5) is 26.5 Å². The van der Waals surface area contributed by atoms with Gasteiger partial charge >= 0.3 is 6.09 Å². The molecule has 29 heavy (non-hydrogen) atoms. The van der Waals surface area contributed by atoms with Gasteiger partial charge in [-0.25, -0.2) is 14.2 Å². The van der Waals surface area contributed by atoms with Crippen molar-refractivity contribution >= 4 is 29.3 Å². The summed E-state index contributed by atoms with van der Waals surface area (Å²) in [5.74, 6) is -1.71. The minimum absolute atomic E-state index is 0.0589. The molecular weight excluding hydrogens is 383 g/mol. The molecule has 1 aliphatic rings. The number of hydrogen-bond acceptors (Lipinski definition) is 7. The first-order valence-corrected chi connectivity index (χ1v) is 8.86. The second kappa shape index (κ2) is 8.69. The zero-order valence-electron chi connectivity index (χ0n) is 15.6. The number of amides is 2. The first kappa shape index (κ1) is 20.3. The number of hydrogen-bond donors (Lipinski definition) is 5. The Morgan fingerprint density at radius 1 is 1.28 bits per heavy atom. The van der Waals surface area contributed by atoms with Crippen molar-refractivity contribution in [3.05, 3.63) is 41.5 Å². The number of nitrogens with one attached hydrogen (secondary N) is 3. The Labute approximate surface area is 165 Å². The number of carbonyl (C=O) groups excluding carboxylic acids is 1. The molecule has 3 heterocycles. The lowest BCUT2D eigenvalue weighted by atomic mass is 10.0. The molecule has 2 aromatic rings. The molecule has 11 heteroatoms. The Bertz CT molecular complexity index is 925. The average Bonchev–Trinajstić information content (AvgIpc) is 2.65. The molecule has 0 aliphatic carbocycles. The van der Waals surface area contributed by atoms with Crippen LogP contribution in [0, 0.1) is 12.7 Å². The van der Waals surface area contributed by atoms with Gasteiger partial charge in [0.2, 0.25) is 0 Å². The maximum Gasteiger partial charge on any atom is 0.405 e. The molecule has 0 bridgehead atoms. The monoisotopic (exact) mass is 404 g/mol. The molecule has 1 aliphatic heterocycles. The van der Waals surface area contributed by atoms with E-state index < -0.39 is 29.9 Å². The fourth-order valence-electron chi connectivity index (χ4n) is 3.02. The normalized spacial score (nSPS) is 18.7. The molecule has 10 nitrogen and oxygen atoms in total. The van der Waals surface area contributed by atoms with Gasteiger partial charge in [0.1, 0.15) is 5.82 Å². The van der Waals surface area contributed by atoms with Crippen LogP contribution in [0.5, 0.6) is 0 Å². The van der Waals surface area contributed by atoms with Crippen molar-refractivity contribution in [2.24, 2.45) is 5.73 Å². The highest BCUT2D eigenvalue weighted by atomic mass is 19.1. The van der Waals surface area contributed by atoms with E-state index in [1.54, 1.807) is 12.3 Å². The lowest BCUT2D eigenvalue weighted by molar-refractivity contribution is 0.0625. The zero-order valence-corrected chi connectivity index (χ0v) is 15.6. The number of rotatable bonds is 6. The molecule has 154 valence electrons. The largest absolute Gasteiger partial charge is 0.465 e. The van der Waals surface area contributed by atoms with Crippen molar-refractivity contribution in [1.82, 2.24) is 15.3 Å². The summed E-state index contributed by atoms with van der Waals surface area (Å²) in [6.07, 6.45) is 2.42. The summed E-state index contributed by atoms with van der Waals surface area (Å²) >= 11 is 0. The number of carbonyl (C=O) groups is 2. The molecule has 1 fully saturated rings. The summed E-state index contributed by atoms with van der Waals surface area (Å²) in [7, 11) is 0. The summed E-state index contributed by atoms with van der Waals surface area (Å²) < 4.78 is 19.9. The van der Waals surface area contributed by atoms with Crippen LogP contribution >= 0.6 is 0 Å². The third-order valence-corrected chi connectivity index (χ3v) is 4.37. The number of nitrogens with zero attached hydrogens (tertiary/aromatic N) is 2. The van der Waals surface area contributed by atoms with Gasteiger partial charge in [-0.3, -0.25) is 9.78 Å². The van der Waals surface area contributed by atoms with Crippen molar-refractivity contribution in [2.75, 3.05) is 23.8 Å². The summed E-state index contributed by atoms with van der Waals surface area (Å²) in [4.78, 5) is 31.0. The van der Waals surface area contributed by atoms with E-state index in [1.807, 2.05) is 6.92 Å². The highest BCUT2D eigenvalue weighted by Crippen LogP contribution is 2.25. The highest BCUT2D eigenvalue weighted by molar-refractivity contribution is 5.98. The standard InChI is InChI=1S/C18H21FN6O4/c1-9-4-10(7-21-6-9)22-16-11(15(20)26)5-12(19)17(25-16)23-13-2-3-29-8-14(13)24-18(27)28/h4-7,13-14,24H,2-3,8H2,1H3,(H2,20,26)(H,27,28)(H2,22,23,25)/t13-,14+/m1/s1.